The van der Waals surface area contributed by atoms with E-state index in [1.165, 1.54) is 0 Å². The third kappa shape index (κ3) is 2.98. The maximum Gasteiger partial charge on any atom is 0.0540 e. The highest BCUT2D eigenvalue weighted by atomic mass is 35.5. The van der Waals surface area contributed by atoms with E-state index in [2.05, 4.69) is 4.98 Å². The van der Waals surface area contributed by atoms with E-state index in [1.807, 2.05) is 42.6 Å². The van der Waals surface area contributed by atoms with Gasteiger partial charge in [-0.1, -0.05) is 29.4 Å². The fraction of sp³-hybridized carbons (Fsp3) is 0.0833. The molecule has 2 rings (SSSR count). The molecule has 82 valence electrons. The predicted octanol–water partition coefficient (Wildman–Crippen LogP) is 3.34. The largest absolute Gasteiger partial charge is 0.325 e. The lowest BCUT2D eigenvalue weighted by atomic mass is 10.3. The number of hydrogen-bond acceptors (Lipinski definition) is 3. The number of rotatable bonds is 3. The second-order valence-corrected chi connectivity index (χ2v) is 4.83. The highest BCUT2D eigenvalue weighted by Gasteiger charge is 1.99. The summed E-state index contributed by atoms with van der Waals surface area (Å²) in [7, 11) is 0. The lowest BCUT2D eigenvalue weighted by Crippen LogP contribution is -1.98. The summed E-state index contributed by atoms with van der Waals surface area (Å²) in [5, 5.41) is 0.747. The van der Waals surface area contributed by atoms with Crippen LogP contribution in [0.2, 0.25) is 5.02 Å². The molecular formula is C12H11ClN2S. The van der Waals surface area contributed by atoms with Gasteiger partial charge in [-0.2, -0.15) is 0 Å². The van der Waals surface area contributed by atoms with Gasteiger partial charge in [0, 0.05) is 27.6 Å². The zero-order valence-electron chi connectivity index (χ0n) is 8.56. The van der Waals surface area contributed by atoms with Crippen molar-refractivity contribution in [1.29, 1.82) is 0 Å². The van der Waals surface area contributed by atoms with Crippen molar-refractivity contribution in [2.24, 2.45) is 5.73 Å². The van der Waals surface area contributed by atoms with Crippen molar-refractivity contribution in [3.63, 3.8) is 0 Å². The quantitative estimate of drug-likeness (QED) is 0.908. The average molecular weight is 251 g/mol. The van der Waals surface area contributed by atoms with E-state index in [4.69, 9.17) is 17.3 Å². The Hall–Kier alpha value is -1.03. The monoisotopic (exact) mass is 250 g/mol. The first kappa shape index (κ1) is 11.5. The Morgan fingerprint density at radius 1 is 1.19 bits per heavy atom. The number of halogens is 1. The standard InChI is InChI=1S/C12H11ClN2S/c13-9-2-1-3-11(6-9)16-12-5-4-10(7-14)15-8-12/h1-6,8H,7,14H2. The van der Waals surface area contributed by atoms with Crippen LogP contribution in [-0.4, -0.2) is 4.98 Å². The van der Waals surface area contributed by atoms with Gasteiger partial charge in [0.05, 0.1) is 5.69 Å². The maximum absolute atomic E-state index is 5.91. The second kappa shape index (κ2) is 5.34. The summed E-state index contributed by atoms with van der Waals surface area (Å²) in [5.74, 6) is 0. The molecule has 4 heteroatoms. The van der Waals surface area contributed by atoms with Crippen LogP contribution in [0.4, 0.5) is 0 Å². The normalized spacial score (nSPS) is 10.4. The third-order valence-corrected chi connectivity index (χ3v) is 3.24. The predicted molar refractivity (Wildman–Crippen MR) is 67.7 cm³/mol. The van der Waals surface area contributed by atoms with E-state index in [9.17, 15) is 0 Å². The minimum atomic E-state index is 0.474. The van der Waals surface area contributed by atoms with Gasteiger partial charge in [-0.15, -0.1) is 0 Å². The van der Waals surface area contributed by atoms with E-state index < -0.39 is 0 Å². The van der Waals surface area contributed by atoms with Crippen LogP contribution in [0.3, 0.4) is 0 Å². The van der Waals surface area contributed by atoms with Crippen molar-refractivity contribution < 1.29 is 0 Å². The smallest absolute Gasteiger partial charge is 0.0540 e. The van der Waals surface area contributed by atoms with Crippen molar-refractivity contribution in [3.8, 4) is 0 Å². The highest BCUT2D eigenvalue weighted by molar-refractivity contribution is 7.99. The minimum Gasteiger partial charge on any atom is -0.325 e. The Kier molecular flexibility index (Phi) is 3.83. The molecular weight excluding hydrogens is 240 g/mol. The van der Waals surface area contributed by atoms with Crippen LogP contribution in [0.1, 0.15) is 5.69 Å². The molecule has 2 nitrogen and oxygen atoms in total. The molecule has 0 unspecified atom stereocenters. The Morgan fingerprint density at radius 3 is 2.69 bits per heavy atom. The van der Waals surface area contributed by atoms with E-state index in [0.717, 1.165) is 20.5 Å². The van der Waals surface area contributed by atoms with Crippen LogP contribution in [0, 0.1) is 0 Å². The number of nitrogens with zero attached hydrogens (tertiary/aromatic N) is 1. The lowest BCUT2D eigenvalue weighted by Gasteiger charge is -2.02. The molecule has 0 fully saturated rings. The fourth-order valence-electron chi connectivity index (χ4n) is 1.26. The van der Waals surface area contributed by atoms with E-state index >= 15 is 0 Å². The van der Waals surface area contributed by atoms with Crippen molar-refractivity contribution in [1.82, 2.24) is 4.98 Å². The molecule has 0 amide bonds. The number of hydrogen-bond donors (Lipinski definition) is 1. The fourth-order valence-corrected chi connectivity index (χ4v) is 2.36. The molecule has 0 aliphatic heterocycles. The van der Waals surface area contributed by atoms with Gasteiger partial charge in [-0.25, -0.2) is 0 Å². The topological polar surface area (TPSA) is 38.9 Å². The van der Waals surface area contributed by atoms with Crippen LogP contribution in [0.25, 0.3) is 0 Å². The van der Waals surface area contributed by atoms with Crippen molar-refractivity contribution in [2.75, 3.05) is 0 Å². The molecule has 0 spiro atoms. The zero-order valence-corrected chi connectivity index (χ0v) is 10.1. The molecule has 16 heavy (non-hydrogen) atoms. The summed E-state index contributed by atoms with van der Waals surface area (Å²) in [6.07, 6.45) is 1.83. The SMILES string of the molecule is NCc1ccc(Sc2cccc(Cl)c2)cn1. The third-order valence-electron chi connectivity index (χ3n) is 2.04. The van der Waals surface area contributed by atoms with Gasteiger partial charge in [-0.05, 0) is 30.3 Å². The van der Waals surface area contributed by atoms with E-state index in [0.29, 0.717) is 6.54 Å². The van der Waals surface area contributed by atoms with Crippen LogP contribution in [0.5, 0.6) is 0 Å². The highest BCUT2D eigenvalue weighted by Crippen LogP contribution is 2.28. The summed E-state index contributed by atoms with van der Waals surface area (Å²) in [4.78, 5) is 6.43. The molecule has 0 saturated heterocycles. The van der Waals surface area contributed by atoms with E-state index in [-0.39, 0.29) is 0 Å². The summed E-state index contributed by atoms with van der Waals surface area (Å²) in [6, 6.07) is 11.7. The Balaban J connectivity index is 2.14. The molecule has 0 bridgehead atoms. The van der Waals surface area contributed by atoms with Crippen molar-refractivity contribution in [3.05, 3.63) is 53.3 Å². The Bertz CT molecular complexity index is 471. The molecule has 0 aliphatic rings. The molecule has 1 aromatic heterocycles. The summed E-state index contributed by atoms with van der Waals surface area (Å²) < 4.78 is 0. The lowest BCUT2D eigenvalue weighted by molar-refractivity contribution is 0.977. The maximum atomic E-state index is 5.91. The average Bonchev–Trinajstić information content (AvgIpc) is 2.30. The zero-order chi connectivity index (χ0) is 11.4. The van der Waals surface area contributed by atoms with Gasteiger partial charge < -0.3 is 5.73 Å². The number of aromatic nitrogens is 1. The number of benzene rings is 1. The van der Waals surface area contributed by atoms with Crippen LogP contribution >= 0.6 is 23.4 Å². The first-order valence-corrected chi connectivity index (χ1v) is 6.06. The van der Waals surface area contributed by atoms with Crippen molar-refractivity contribution in [2.45, 2.75) is 16.3 Å². The van der Waals surface area contributed by atoms with Gasteiger partial charge in [0.1, 0.15) is 0 Å². The van der Waals surface area contributed by atoms with Gasteiger partial charge in [0.25, 0.3) is 0 Å². The molecule has 0 atom stereocenters. The first-order valence-electron chi connectivity index (χ1n) is 4.86. The molecule has 2 aromatic rings. The molecule has 0 radical (unpaired) electrons. The van der Waals surface area contributed by atoms with Crippen molar-refractivity contribution >= 4 is 23.4 Å². The van der Waals surface area contributed by atoms with Gasteiger partial charge in [0.2, 0.25) is 0 Å². The van der Waals surface area contributed by atoms with Gasteiger partial charge >= 0.3 is 0 Å². The Labute approximate surface area is 104 Å². The van der Waals surface area contributed by atoms with Crippen LogP contribution in [-0.2, 0) is 6.54 Å². The number of pyridine rings is 1. The van der Waals surface area contributed by atoms with Gasteiger partial charge in [0.15, 0.2) is 0 Å². The Morgan fingerprint density at radius 2 is 2.06 bits per heavy atom. The minimum absolute atomic E-state index is 0.474. The van der Waals surface area contributed by atoms with E-state index in [1.54, 1.807) is 11.8 Å². The summed E-state index contributed by atoms with van der Waals surface area (Å²) in [6.45, 7) is 0.474. The second-order valence-electron chi connectivity index (χ2n) is 3.25. The van der Waals surface area contributed by atoms with Crippen LogP contribution < -0.4 is 5.73 Å². The van der Waals surface area contributed by atoms with Crippen LogP contribution in [0.15, 0.2) is 52.4 Å². The number of nitrogens with two attached hydrogens (primary N) is 1. The first-order chi connectivity index (χ1) is 7.78. The molecule has 2 N–H and O–H groups in total. The summed E-state index contributed by atoms with van der Waals surface area (Å²) in [5.41, 5.74) is 6.38. The molecule has 0 saturated carbocycles. The van der Waals surface area contributed by atoms with Gasteiger partial charge in [-0.3, -0.25) is 4.98 Å². The molecule has 0 aliphatic carbocycles. The summed E-state index contributed by atoms with van der Waals surface area (Å²) >= 11 is 7.55. The molecule has 1 aromatic carbocycles. The molecule has 1 heterocycles.